The molecule has 0 aromatic rings. The number of nitrogens with one attached hydrogen (secondary N) is 1. The second kappa shape index (κ2) is 3.35. The molecule has 0 amide bonds. The fraction of sp³-hybridized carbons (Fsp3) is 1.00. The molecule has 1 saturated carbocycles. The van der Waals surface area contributed by atoms with Crippen molar-refractivity contribution in [1.82, 2.24) is 5.32 Å². The molecule has 1 aliphatic carbocycles. The van der Waals surface area contributed by atoms with Crippen LogP contribution in [0.15, 0.2) is 0 Å². The molecule has 0 radical (unpaired) electrons. The fourth-order valence-electron chi connectivity index (χ4n) is 2.78. The normalized spacial score (nSPS) is 43.2. The molecule has 0 bridgehead atoms. The van der Waals surface area contributed by atoms with E-state index in [4.69, 9.17) is 0 Å². The molecular weight excluding hydrogens is 150 g/mol. The van der Waals surface area contributed by atoms with Crippen LogP contribution in [-0.2, 0) is 0 Å². The third kappa shape index (κ3) is 1.38. The Bertz CT molecular complexity index is 144. The van der Waals surface area contributed by atoms with Crippen molar-refractivity contribution in [1.29, 1.82) is 0 Å². The van der Waals surface area contributed by atoms with Crippen LogP contribution in [0, 0.1) is 5.41 Å². The van der Waals surface area contributed by atoms with Gasteiger partial charge in [0.2, 0.25) is 0 Å². The summed E-state index contributed by atoms with van der Waals surface area (Å²) in [7, 11) is 0. The quantitative estimate of drug-likeness (QED) is 0.572. The van der Waals surface area contributed by atoms with Crippen molar-refractivity contribution in [2.45, 2.75) is 44.6 Å². The number of piperidine rings is 1. The second-order valence-corrected chi connectivity index (χ2v) is 4.40. The van der Waals surface area contributed by atoms with Gasteiger partial charge in [0.15, 0.2) is 0 Å². The second-order valence-electron chi connectivity index (χ2n) is 4.40. The average molecular weight is 169 g/mol. The minimum atomic E-state index is -0.0287. The van der Waals surface area contributed by atoms with E-state index in [1.807, 2.05) is 0 Å². The zero-order valence-electron chi connectivity index (χ0n) is 7.68. The first-order valence-electron chi connectivity index (χ1n) is 5.22. The molecule has 1 heterocycles. The van der Waals surface area contributed by atoms with Gasteiger partial charge in [-0.3, -0.25) is 0 Å². The minimum absolute atomic E-state index is 0.0287. The van der Waals surface area contributed by atoms with Gasteiger partial charge in [-0.15, -0.1) is 0 Å². The summed E-state index contributed by atoms with van der Waals surface area (Å²) in [4.78, 5) is 0. The molecule has 2 heteroatoms. The summed E-state index contributed by atoms with van der Waals surface area (Å²) in [5, 5.41) is 13.4. The van der Waals surface area contributed by atoms with Crippen LogP contribution in [0.2, 0.25) is 0 Å². The summed E-state index contributed by atoms with van der Waals surface area (Å²) < 4.78 is 0. The Morgan fingerprint density at radius 3 is 2.67 bits per heavy atom. The smallest absolute Gasteiger partial charge is 0.0608 e. The lowest BCUT2D eigenvalue weighted by atomic mass is 9.68. The first kappa shape index (κ1) is 8.52. The fourth-order valence-corrected chi connectivity index (χ4v) is 2.78. The summed E-state index contributed by atoms with van der Waals surface area (Å²) in [6, 6.07) is 0. The number of rotatable bonds is 0. The zero-order valence-corrected chi connectivity index (χ0v) is 7.68. The minimum Gasteiger partial charge on any atom is -0.393 e. The highest BCUT2D eigenvalue weighted by Crippen LogP contribution is 2.41. The predicted octanol–water partition coefficient (Wildman–Crippen LogP) is 1.29. The molecule has 1 aliphatic heterocycles. The lowest BCUT2D eigenvalue weighted by Gasteiger charge is -2.44. The Morgan fingerprint density at radius 1 is 1.17 bits per heavy atom. The van der Waals surface area contributed by atoms with E-state index in [-0.39, 0.29) is 11.5 Å². The van der Waals surface area contributed by atoms with E-state index in [9.17, 15) is 5.11 Å². The molecule has 2 fully saturated rings. The average Bonchev–Trinajstić information content (AvgIpc) is 2.12. The van der Waals surface area contributed by atoms with E-state index in [2.05, 4.69) is 5.32 Å². The van der Waals surface area contributed by atoms with E-state index in [1.54, 1.807) is 0 Å². The lowest BCUT2D eigenvalue weighted by Crippen LogP contribution is -2.49. The van der Waals surface area contributed by atoms with Gasteiger partial charge in [0.1, 0.15) is 0 Å². The predicted molar refractivity (Wildman–Crippen MR) is 49.0 cm³/mol. The van der Waals surface area contributed by atoms with E-state index in [0.29, 0.717) is 0 Å². The molecular formula is C10H19NO. The summed E-state index contributed by atoms with van der Waals surface area (Å²) in [6.07, 6.45) is 7.27. The van der Waals surface area contributed by atoms with Crippen molar-refractivity contribution in [3.63, 3.8) is 0 Å². The molecule has 2 rings (SSSR count). The van der Waals surface area contributed by atoms with Crippen molar-refractivity contribution >= 4 is 0 Å². The van der Waals surface area contributed by atoms with Gasteiger partial charge in [-0.1, -0.05) is 12.8 Å². The Labute approximate surface area is 74.4 Å². The topological polar surface area (TPSA) is 32.3 Å². The first-order chi connectivity index (χ1) is 5.83. The van der Waals surface area contributed by atoms with Gasteiger partial charge in [0, 0.05) is 12.0 Å². The Balaban J connectivity index is 2.04. The van der Waals surface area contributed by atoms with Crippen LogP contribution in [-0.4, -0.2) is 24.3 Å². The zero-order chi connectivity index (χ0) is 8.44. The molecule has 70 valence electrons. The largest absolute Gasteiger partial charge is 0.393 e. The van der Waals surface area contributed by atoms with Crippen molar-refractivity contribution in [2.75, 3.05) is 13.1 Å². The molecule has 12 heavy (non-hydrogen) atoms. The lowest BCUT2D eigenvalue weighted by molar-refractivity contribution is -0.0271. The summed E-state index contributed by atoms with van der Waals surface area (Å²) in [5.41, 5.74) is 0.260. The third-order valence-electron chi connectivity index (χ3n) is 3.61. The highest BCUT2D eigenvalue weighted by Gasteiger charge is 2.40. The number of aliphatic hydroxyl groups excluding tert-OH is 1. The molecule has 0 aromatic heterocycles. The van der Waals surface area contributed by atoms with E-state index >= 15 is 0 Å². The van der Waals surface area contributed by atoms with Gasteiger partial charge in [-0.25, -0.2) is 0 Å². The van der Waals surface area contributed by atoms with Gasteiger partial charge in [-0.2, -0.15) is 0 Å². The van der Waals surface area contributed by atoms with Crippen LogP contribution in [0.3, 0.4) is 0 Å². The SMILES string of the molecule is O[C@@H]1CCCC[C@]12CCCNC2. The van der Waals surface area contributed by atoms with E-state index < -0.39 is 0 Å². The van der Waals surface area contributed by atoms with E-state index in [0.717, 1.165) is 19.5 Å². The van der Waals surface area contributed by atoms with Crippen molar-refractivity contribution in [3.8, 4) is 0 Å². The van der Waals surface area contributed by atoms with Crippen LogP contribution in [0.4, 0.5) is 0 Å². The van der Waals surface area contributed by atoms with Gasteiger partial charge >= 0.3 is 0 Å². The molecule has 1 spiro atoms. The maximum Gasteiger partial charge on any atom is 0.0608 e. The van der Waals surface area contributed by atoms with Crippen LogP contribution in [0.25, 0.3) is 0 Å². The van der Waals surface area contributed by atoms with E-state index in [1.165, 1.54) is 32.1 Å². The van der Waals surface area contributed by atoms with Crippen LogP contribution < -0.4 is 5.32 Å². The van der Waals surface area contributed by atoms with Crippen LogP contribution in [0.5, 0.6) is 0 Å². The summed E-state index contributed by atoms with van der Waals surface area (Å²) in [6.45, 7) is 2.20. The monoisotopic (exact) mass is 169 g/mol. The highest BCUT2D eigenvalue weighted by molar-refractivity contribution is 4.93. The van der Waals surface area contributed by atoms with Crippen LogP contribution >= 0.6 is 0 Å². The number of aliphatic hydroxyl groups is 1. The maximum atomic E-state index is 9.94. The molecule has 2 aliphatic rings. The Kier molecular flexibility index (Phi) is 2.37. The molecule has 1 saturated heterocycles. The van der Waals surface area contributed by atoms with Gasteiger partial charge in [0.25, 0.3) is 0 Å². The van der Waals surface area contributed by atoms with Crippen molar-refractivity contribution in [3.05, 3.63) is 0 Å². The number of hydrogen-bond acceptors (Lipinski definition) is 2. The Morgan fingerprint density at radius 2 is 2.00 bits per heavy atom. The Hall–Kier alpha value is -0.0800. The summed E-state index contributed by atoms with van der Waals surface area (Å²) >= 11 is 0. The molecule has 2 N–H and O–H groups in total. The van der Waals surface area contributed by atoms with Crippen LogP contribution in [0.1, 0.15) is 38.5 Å². The van der Waals surface area contributed by atoms with Gasteiger partial charge in [-0.05, 0) is 32.2 Å². The first-order valence-corrected chi connectivity index (χ1v) is 5.22. The molecule has 2 nitrogen and oxygen atoms in total. The van der Waals surface area contributed by atoms with Crippen molar-refractivity contribution < 1.29 is 5.11 Å². The molecule has 0 aromatic carbocycles. The number of hydrogen-bond donors (Lipinski definition) is 2. The van der Waals surface area contributed by atoms with Gasteiger partial charge < -0.3 is 10.4 Å². The molecule has 2 atom stereocenters. The molecule has 0 unspecified atom stereocenters. The maximum absolute atomic E-state index is 9.94. The highest BCUT2D eigenvalue weighted by atomic mass is 16.3. The summed E-state index contributed by atoms with van der Waals surface area (Å²) in [5.74, 6) is 0. The van der Waals surface area contributed by atoms with Gasteiger partial charge in [0.05, 0.1) is 6.10 Å². The van der Waals surface area contributed by atoms with Crippen molar-refractivity contribution in [2.24, 2.45) is 5.41 Å². The third-order valence-corrected chi connectivity index (χ3v) is 3.61. The standard InChI is InChI=1S/C10H19NO/c12-9-4-1-2-5-10(9)6-3-7-11-8-10/h9,11-12H,1-8H2/t9-,10-/m1/s1.